The number of pyridine rings is 1. The van der Waals surface area contributed by atoms with Crippen LogP contribution >= 0.6 is 0 Å². The molecular formula is C8H8F3N5O2. The molecule has 98 valence electrons. The fourth-order valence-corrected chi connectivity index (χ4v) is 1.12. The van der Waals surface area contributed by atoms with Gasteiger partial charge in [-0.1, -0.05) is 0 Å². The first-order chi connectivity index (χ1) is 8.27. The number of hydrogen-bond donors (Lipinski definition) is 2. The molecule has 0 aliphatic heterocycles. The van der Waals surface area contributed by atoms with E-state index in [0.29, 0.717) is 17.3 Å². The van der Waals surface area contributed by atoms with Gasteiger partial charge in [-0.05, 0) is 0 Å². The van der Waals surface area contributed by atoms with Crippen molar-refractivity contribution < 1.29 is 18.1 Å². The van der Waals surface area contributed by atoms with Gasteiger partial charge in [-0.2, -0.15) is 13.2 Å². The summed E-state index contributed by atoms with van der Waals surface area (Å²) in [5, 5.41) is 10.9. The van der Waals surface area contributed by atoms with E-state index in [9.17, 15) is 23.3 Å². The van der Waals surface area contributed by atoms with Gasteiger partial charge >= 0.3 is 6.18 Å². The van der Waals surface area contributed by atoms with Crippen molar-refractivity contribution in [3.63, 3.8) is 0 Å². The molecule has 0 aromatic carbocycles. The van der Waals surface area contributed by atoms with Gasteiger partial charge in [0, 0.05) is 18.5 Å². The number of rotatable bonds is 3. The van der Waals surface area contributed by atoms with Crippen molar-refractivity contribution in [2.24, 2.45) is 11.6 Å². The molecule has 0 fully saturated rings. The van der Waals surface area contributed by atoms with Crippen molar-refractivity contribution in [2.45, 2.75) is 6.18 Å². The third kappa shape index (κ3) is 2.85. The van der Waals surface area contributed by atoms with Crippen LogP contribution in [0.4, 0.5) is 24.7 Å². The lowest BCUT2D eigenvalue weighted by atomic mass is 10.2. The van der Waals surface area contributed by atoms with Gasteiger partial charge in [0.15, 0.2) is 5.82 Å². The van der Waals surface area contributed by atoms with E-state index in [2.05, 4.69) is 4.98 Å². The maximum atomic E-state index is 12.7. The van der Waals surface area contributed by atoms with Gasteiger partial charge in [-0.3, -0.25) is 15.1 Å². The Labute approximate surface area is 98.6 Å². The molecule has 10 heteroatoms. The highest BCUT2D eigenvalue weighted by Crippen LogP contribution is 2.36. The fourth-order valence-electron chi connectivity index (χ4n) is 1.12. The second-order valence-corrected chi connectivity index (χ2v) is 3.07. The van der Waals surface area contributed by atoms with Gasteiger partial charge in [0.25, 0.3) is 5.69 Å². The van der Waals surface area contributed by atoms with Gasteiger partial charge in [-0.25, -0.2) is 10.8 Å². The van der Waals surface area contributed by atoms with E-state index in [-0.39, 0.29) is 0 Å². The number of anilines is 1. The molecule has 1 aromatic heterocycles. The molecule has 1 rings (SSSR count). The molecule has 0 spiro atoms. The number of nitro groups is 1. The molecule has 7 nitrogen and oxygen atoms in total. The Morgan fingerprint density at radius 1 is 1.50 bits per heavy atom. The average molecular weight is 263 g/mol. The second kappa shape index (κ2) is 4.87. The molecule has 1 heterocycles. The van der Waals surface area contributed by atoms with Crippen LogP contribution in [0.15, 0.2) is 24.7 Å². The number of aromatic nitrogens is 1. The molecule has 0 atom stereocenters. The first kappa shape index (κ1) is 13.7. The maximum absolute atomic E-state index is 12.7. The summed E-state index contributed by atoms with van der Waals surface area (Å²) in [4.78, 5) is 12.7. The van der Waals surface area contributed by atoms with E-state index in [0.717, 1.165) is 12.4 Å². The van der Waals surface area contributed by atoms with Crippen molar-refractivity contribution in [3.05, 3.63) is 40.3 Å². The molecule has 0 saturated carbocycles. The average Bonchev–Trinajstić information content (AvgIpc) is 2.27. The minimum Gasteiger partial charge on any atom is -0.403 e. The Hall–Kier alpha value is -2.36. The largest absolute Gasteiger partial charge is 0.420 e. The molecule has 0 aliphatic carbocycles. The molecule has 0 radical (unpaired) electrons. The summed E-state index contributed by atoms with van der Waals surface area (Å²) in [6.45, 7) is 0. The Morgan fingerprint density at radius 3 is 2.56 bits per heavy atom. The normalized spacial score (nSPS) is 11.8. The molecule has 0 amide bonds. The highest BCUT2D eigenvalue weighted by molar-refractivity contribution is 5.53. The van der Waals surface area contributed by atoms with Gasteiger partial charge in [0.05, 0.1) is 4.92 Å². The number of hydrazine groups is 1. The molecule has 1 aromatic rings. The van der Waals surface area contributed by atoms with E-state index in [4.69, 9.17) is 11.6 Å². The zero-order valence-corrected chi connectivity index (χ0v) is 8.76. The highest BCUT2D eigenvalue weighted by atomic mass is 19.4. The van der Waals surface area contributed by atoms with Crippen molar-refractivity contribution in [2.75, 3.05) is 5.01 Å². The highest BCUT2D eigenvalue weighted by Gasteiger charge is 2.37. The van der Waals surface area contributed by atoms with Crippen molar-refractivity contribution in [1.29, 1.82) is 0 Å². The first-order valence-corrected chi connectivity index (χ1v) is 4.41. The lowest BCUT2D eigenvalue weighted by Gasteiger charge is -2.17. The van der Waals surface area contributed by atoms with Crippen molar-refractivity contribution >= 4 is 11.5 Å². The molecule has 4 N–H and O–H groups in total. The Bertz CT molecular complexity index is 488. The molecule has 0 bridgehead atoms. The summed E-state index contributed by atoms with van der Waals surface area (Å²) in [7, 11) is 0. The predicted octanol–water partition coefficient (Wildman–Crippen LogP) is 1.12. The third-order valence-corrected chi connectivity index (χ3v) is 1.86. The number of hydrogen-bond acceptors (Lipinski definition) is 6. The van der Waals surface area contributed by atoms with Gasteiger partial charge < -0.3 is 5.73 Å². The number of halogens is 3. The molecule has 0 unspecified atom stereocenters. The minimum absolute atomic E-state index is 0.354. The lowest BCUT2D eigenvalue weighted by Crippen LogP contribution is -2.28. The van der Waals surface area contributed by atoms with Crippen LogP contribution in [0.1, 0.15) is 5.56 Å². The van der Waals surface area contributed by atoms with Gasteiger partial charge in [0.2, 0.25) is 0 Å². The van der Waals surface area contributed by atoms with Crippen LogP contribution in [0.25, 0.3) is 0 Å². The molecule has 18 heavy (non-hydrogen) atoms. The van der Waals surface area contributed by atoms with Crippen LogP contribution in [0.2, 0.25) is 0 Å². The standard InChI is InChI=1S/C8H8F3N5O2/c9-8(10,11)6-3-5(16(17)18)4-14-7(6)15(13)2-1-12/h1-4H,12-13H2/b2-1-. The lowest BCUT2D eigenvalue weighted by molar-refractivity contribution is -0.385. The Balaban J connectivity index is 3.39. The summed E-state index contributed by atoms with van der Waals surface area (Å²) in [6, 6.07) is 0.354. The van der Waals surface area contributed by atoms with Crippen molar-refractivity contribution in [1.82, 2.24) is 4.98 Å². The SMILES string of the molecule is N/C=C\N(N)c1ncc([N+](=O)[O-])cc1C(F)(F)F. The number of nitrogens with two attached hydrogens (primary N) is 2. The van der Waals surface area contributed by atoms with E-state index in [1.165, 1.54) is 0 Å². The second-order valence-electron chi connectivity index (χ2n) is 3.07. The zero-order chi connectivity index (χ0) is 13.9. The van der Waals surface area contributed by atoms with Gasteiger partial charge in [0.1, 0.15) is 11.8 Å². The van der Waals surface area contributed by atoms with Crippen LogP contribution in [0.5, 0.6) is 0 Å². The number of alkyl halides is 3. The van der Waals surface area contributed by atoms with E-state index in [1.807, 2.05) is 0 Å². The topological polar surface area (TPSA) is 111 Å². The van der Waals surface area contributed by atoms with Gasteiger partial charge in [-0.15, -0.1) is 0 Å². The molecule has 0 saturated heterocycles. The Kier molecular flexibility index (Phi) is 3.71. The van der Waals surface area contributed by atoms with E-state index >= 15 is 0 Å². The predicted molar refractivity (Wildman–Crippen MR) is 55.9 cm³/mol. The maximum Gasteiger partial charge on any atom is 0.420 e. The van der Waals surface area contributed by atoms with E-state index in [1.54, 1.807) is 0 Å². The van der Waals surface area contributed by atoms with Crippen LogP contribution in [-0.4, -0.2) is 9.91 Å². The summed E-state index contributed by atoms with van der Waals surface area (Å²) >= 11 is 0. The number of nitrogens with zero attached hydrogens (tertiary/aromatic N) is 3. The molecule has 0 aliphatic rings. The smallest absolute Gasteiger partial charge is 0.403 e. The Morgan fingerprint density at radius 2 is 2.11 bits per heavy atom. The summed E-state index contributed by atoms with van der Waals surface area (Å²) in [5.74, 6) is 4.58. The monoisotopic (exact) mass is 263 g/mol. The van der Waals surface area contributed by atoms with Crippen LogP contribution in [0.3, 0.4) is 0 Å². The van der Waals surface area contributed by atoms with Crippen LogP contribution < -0.4 is 16.6 Å². The zero-order valence-electron chi connectivity index (χ0n) is 8.76. The quantitative estimate of drug-likeness (QED) is 0.480. The summed E-state index contributed by atoms with van der Waals surface area (Å²) in [6.07, 6.45) is -2.31. The fraction of sp³-hybridized carbons (Fsp3) is 0.125. The van der Waals surface area contributed by atoms with Crippen LogP contribution in [-0.2, 0) is 6.18 Å². The first-order valence-electron chi connectivity index (χ1n) is 4.41. The third-order valence-electron chi connectivity index (χ3n) is 1.86. The minimum atomic E-state index is -4.82. The summed E-state index contributed by atoms with van der Waals surface area (Å²) < 4.78 is 38.1. The van der Waals surface area contributed by atoms with Crippen molar-refractivity contribution in [3.8, 4) is 0 Å². The molecular weight excluding hydrogens is 255 g/mol. The summed E-state index contributed by atoms with van der Waals surface area (Å²) in [5.41, 5.74) is 2.88. The van der Waals surface area contributed by atoms with E-state index < -0.39 is 28.2 Å². The van der Waals surface area contributed by atoms with Crippen LogP contribution in [0, 0.1) is 10.1 Å².